The first-order valence-electron chi connectivity index (χ1n) is 5.13. The molecule has 18 heavy (non-hydrogen) atoms. The summed E-state index contributed by atoms with van der Waals surface area (Å²) in [4.78, 5) is 0. The molecule has 0 amide bonds. The van der Waals surface area contributed by atoms with Crippen LogP contribution in [0.1, 0.15) is 25.7 Å². The van der Waals surface area contributed by atoms with Crippen LogP contribution in [0.3, 0.4) is 0 Å². The van der Waals surface area contributed by atoms with Crippen LogP contribution < -0.4 is 0 Å². The highest BCUT2D eigenvalue weighted by molar-refractivity contribution is 4.86. The Bertz CT molecular complexity index is 245. The van der Waals surface area contributed by atoms with E-state index in [1.54, 1.807) is 0 Å². The quantitative estimate of drug-likeness (QED) is 0.531. The van der Waals surface area contributed by atoms with Crippen molar-refractivity contribution in [2.75, 3.05) is 13.2 Å². The molecule has 0 aromatic carbocycles. The number of aliphatic hydroxyl groups is 2. The van der Waals surface area contributed by atoms with Crippen molar-refractivity contribution in [3.8, 4) is 0 Å². The number of ether oxygens (including phenoxy) is 1. The molecule has 0 spiro atoms. The van der Waals surface area contributed by atoms with Gasteiger partial charge in [0.1, 0.15) is 0 Å². The number of alkyl halides is 6. The third-order valence-corrected chi connectivity index (χ3v) is 2.16. The molecule has 0 saturated heterocycles. The maximum atomic E-state index is 13.6. The highest BCUT2D eigenvalue weighted by Crippen LogP contribution is 2.43. The van der Waals surface area contributed by atoms with E-state index in [0.29, 0.717) is 0 Å². The lowest BCUT2D eigenvalue weighted by atomic mass is 10.0. The molecule has 3 nitrogen and oxygen atoms in total. The van der Waals surface area contributed by atoms with Gasteiger partial charge in [0.25, 0.3) is 5.85 Å². The van der Waals surface area contributed by atoms with Crippen molar-refractivity contribution >= 4 is 0 Å². The summed E-state index contributed by atoms with van der Waals surface area (Å²) >= 11 is 0. The maximum Gasteiger partial charge on any atom is 0.525 e. The molecule has 0 bridgehead atoms. The van der Waals surface area contributed by atoms with Crippen LogP contribution in [-0.4, -0.2) is 41.6 Å². The second kappa shape index (κ2) is 6.58. The summed E-state index contributed by atoms with van der Waals surface area (Å²) in [5, 5.41) is 16.7. The molecule has 9 heteroatoms. The first-order chi connectivity index (χ1) is 8.08. The monoisotopic (exact) mass is 284 g/mol. The largest absolute Gasteiger partial charge is 0.525 e. The fourth-order valence-corrected chi connectivity index (χ4v) is 1.28. The highest BCUT2D eigenvalue weighted by Gasteiger charge is 2.60. The molecule has 1 unspecified atom stereocenters. The van der Waals surface area contributed by atoms with Gasteiger partial charge in [-0.1, -0.05) is 0 Å². The molecule has 0 rings (SSSR count). The van der Waals surface area contributed by atoms with Gasteiger partial charge in [-0.2, -0.15) is 0 Å². The van der Waals surface area contributed by atoms with Gasteiger partial charge in [-0.05, 0) is 12.8 Å². The van der Waals surface area contributed by atoms with Crippen LogP contribution >= 0.6 is 0 Å². The average Bonchev–Trinajstić information content (AvgIpc) is 2.15. The predicted molar refractivity (Wildman–Crippen MR) is 48.6 cm³/mol. The van der Waals surface area contributed by atoms with E-state index in [0.717, 1.165) is 0 Å². The number of halogens is 6. The van der Waals surface area contributed by atoms with Crippen LogP contribution in [-0.2, 0) is 4.74 Å². The standard InChI is InChI=1S/C9H14F6O3/c10-7(11,3-1-2-5-16)8(12,4-6-17)18-9(13,14)15/h16-17H,1-6H2. The summed E-state index contributed by atoms with van der Waals surface area (Å²) in [6.45, 7) is -1.66. The number of aliphatic hydroxyl groups excluding tert-OH is 2. The number of hydrogen-bond donors (Lipinski definition) is 2. The predicted octanol–water partition coefficient (Wildman–Crippen LogP) is 2.37. The van der Waals surface area contributed by atoms with Crippen molar-refractivity contribution in [1.82, 2.24) is 0 Å². The molecule has 0 radical (unpaired) electrons. The van der Waals surface area contributed by atoms with Crippen molar-refractivity contribution in [3.63, 3.8) is 0 Å². The van der Waals surface area contributed by atoms with Crippen LogP contribution in [0.15, 0.2) is 0 Å². The van der Waals surface area contributed by atoms with Crippen LogP contribution in [0.25, 0.3) is 0 Å². The zero-order valence-corrected chi connectivity index (χ0v) is 9.31. The Hall–Kier alpha value is -0.540. The molecule has 1 atom stereocenters. The minimum Gasteiger partial charge on any atom is -0.396 e. The Labute approximate surface area is 99.4 Å². The van der Waals surface area contributed by atoms with Gasteiger partial charge in [-0.25, -0.2) is 17.9 Å². The average molecular weight is 284 g/mol. The molecule has 0 fully saturated rings. The molecule has 0 aromatic rings. The van der Waals surface area contributed by atoms with Crippen molar-refractivity contribution < 1.29 is 41.3 Å². The zero-order chi connectivity index (χ0) is 14.4. The van der Waals surface area contributed by atoms with E-state index in [1.165, 1.54) is 0 Å². The van der Waals surface area contributed by atoms with Crippen LogP contribution in [0.5, 0.6) is 0 Å². The molecule has 0 aliphatic carbocycles. The topological polar surface area (TPSA) is 49.7 Å². The van der Waals surface area contributed by atoms with E-state index >= 15 is 0 Å². The van der Waals surface area contributed by atoms with E-state index in [-0.39, 0.29) is 12.8 Å². The van der Waals surface area contributed by atoms with E-state index in [9.17, 15) is 26.3 Å². The Kier molecular flexibility index (Phi) is 6.38. The third-order valence-electron chi connectivity index (χ3n) is 2.16. The second-order valence-corrected chi connectivity index (χ2v) is 3.64. The Morgan fingerprint density at radius 1 is 0.778 bits per heavy atom. The molecule has 0 aromatic heterocycles. The molecule has 0 heterocycles. The highest BCUT2D eigenvalue weighted by atomic mass is 19.4. The smallest absolute Gasteiger partial charge is 0.396 e. The number of unbranched alkanes of at least 4 members (excludes halogenated alkanes) is 1. The molecule has 0 aliphatic heterocycles. The van der Waals surface area contributed by atoms with Crippen molar-refractivity contribution in [3.05, 3.63) is 0 Å². The summed E-state index contributed by atoms with van der Waals surface area (Å²) in [5.74, 6) is -8.73. The van der Waals surface area contributed by atoms with Gasteiger partial charge in [0.05, 0.1) is 0 Å². The molecule has 0 aliphatic rings. The minimum atomic E-state index is -5.58. The van der Waals surface area contributed by atoms with Crippen molar-refractivity contribution in [1.29, 1.82) is 0 Å². The lowest BCUT2D eigenvalue weighted by Gasteiger charge is -2.33. The summed E-state index contributed by atoms with van der Waals surface area (Å²) in [6.07, 6.45) is -8.78. The van der Waals surface area contributed by atoms with Gasteiger partial charge in [-0.15, -0.1) is 13.2 Å². The summed E-state index contributed by atoms with van der Waals surface area (Å²) < 4.78 is 78.7. The van der Waals surface area contributed by atoms with Crippen molar-refractivity contribution in [2.24, 2.45) is 0 Å². The minimum absolute atomic E-state index is 0.100. The van der Waals surface area contributed by atoms with Crippen LogP contribution in [0.2, 0.25) is 0 Å². The number of rotatable bonds is 8. The normalized spacial score (nSPS) is 16.7. The SMILES string of the molecule is OCCCCC(F)(F)C(F)(CCO)OC(F)(F)F. The Morgan fingerprint density at radius 3 is 1.72 bits per heavy atom. The van der Waals surface area contributed by atoms with E-state index in [1.807, 2.05) is 0 Å². The molecule has 110 valence electrons. The van der Waals surface area contributed by atoms with E-state index in [4.69, 9.17) is 10.2 Å². The van der Waals surface area contributed by atoms with Crippen molar-refractivity contribution in [2.45, 2.75) is 43.8 Å². The van der Waals surface area contributed by atoms with Gasteiger partial charge < -0.3 is 10.2 Å². The summed E-state index contributed by atoms with van der Waals surface area (Å²) in [7, 11) is 0. The first kappa shape index (κ1) is 17.5. The molecule has 2 N–H and O–H groups in total. The van der Waals surface area contributed by atoms with Gasteiger partial charge in [-0.3, -0.25) is 0 Å². The second-order valence-electron chi connectivity index (χ2n) is 3.64. The Balaban J connectivity index is 4.82. The van der Waals surface area contributed by atoms with Gasteiger partial charge >= 0.3 is 12.3 Å². The van der Waals surface area contributed by atoms with Gasteiger partial charge in [0, 0.05) is 26.1 Å². The fourth-order valence-electron chi connectivity index (χ4n) is 1.28. The van der Waals surface area contributed by atoms with Crippen LogP contribution in [0.4, 0.5) is 26.3 Å². The van der Waals surface area contributed by atoms with Gasteiger partial charge in [0.2, 0.25) is 0 Å². The lowest BCUT2D eigenvalue weighted by Crippen LogP contribution is -2.50. The molecular weight excluding hydrogens is 270 g/mol. The zero-order valence-electron chi connectivity index (χ0n) is 9.31. The third kappa shape index (κ3) is 5.40. The summed E-state index contributed by atoms with van der Waals surface area (Å²) in [6, 6.07) is 0. The van der Waals surface area contributed by atoms with Crippen LogP contribution in [0, 0.1) is 0 Å². The molecular formula is C9H14F6O3. The van der Waals surface area contributed by atoms with Gasteiger partial charge in [0.15, 0.2) is 0 Å². The first-order valence-corrected chi connectivity index (χ1v) is 5.13. The molecule has 0 saturated carbocycles. The Morgan fingerprint density at radius 2 is 1.33 bits per heavy atom. The maximum absolute atomic E-state index is 13.6. The lowest BCUT2D eigenvalue weighted by molar-refractivity contribution is -0.431. The number of hydrogen-bond acceptors (Lipinski definition) is 3. The van der Waals surface area contributed by atoms with E-state index < -0.39 is 44.2 Å². The van der Waals surface area contributed by atoms with E-state index in [2.05, 4.69) is 4.74 Å². The summed E-state index contributed by atoms with van der Waals surface area (Å²) in [5.41, 5.74) is 0. The fraction of sp³-hybridized carbons (Fsp3) is 1.00.